The monoisotopic (exact) mass is 209 g/mol. The Morgan fingerprint density at radius 3 is 2.73 bits per heavy atom. The van der Waals surface area contributed by atoms with Crippen LogP contribution in [0.2, 0.25) is 0 Å². The maximum Gasteiger partial charge on any atom is 0.226 e. The summed E-state index contributed by atoms with van der Waals surface area (Å²) >= 11 is 0. The van der Waals surface area contributed by atoms with Crippen LogP contribution in [0.4, 0.5) is 5.95 Å². The van der Waals surface area contributed by atoms with Crippen LogP contribution < -0.4 is 10.1 Å². The van der Waals surface area contributed by atoms with Crippen LogP contribution in [0.15, 0.2) is 12.3 Å². The maximum atomic E-state index is 5.30. The van der Waals surface area contributed by atoms with Gasteiger partial charge in [-0.2, -0.15) is 4.98 Å². The summed E-state index contributed by atoms with van der Waals surface area (Å²) < 4.78 is 5.30. The summed E-state index contributed by atoms with van der Waals surface area (Å²) in [6, 6.07) is 2.11. The van der Waals surface area contributed by atoms with Gasteiger partial charge in [-0.1, -0.05) is 13.8 Å². The fourth-order valence-corrected chi connectivity index (χ4v) is 1.01. The van der Waals surface area contributed by atoms with Gasteiger partial charge < -0.3 is 10.1 Å². The largest absolute Gasteiger partial charge is 0.478 e. The third-order valence-corrected chi connectivity index (χ3v) is 2.28. The predicted octanol–water partition coefficient (Wildman–Crippen LogP) is 2.33. The molecule has 4 heteroatoms. The molecular weight excluding hydrogens is 190 g/mol. The Morgan fingerprint density at radius 2 is 2.13 bits per heavy atom. The van der Waals surface area contributed by atoms with Crippen molar-refractivity contribution >= 4 is 5.95 Å². The normalized spacial score (nSPS) is 12.6. The fraction of sp³-hybridized carbons (Fsp3) is 0.636. The van der Waals surface area contributed by atoms with Crippen molar-refractivity contribution in [3.8, 4) is 5.88 Å². The molecule has 0 spiro atoms. The summed E-state index contributed by atoms with van der Waals surface area (Å²) in [5, 5.41) is 3.24. The summed E-state index contributed by atoms with van der Waals surface area (Å²) in [6.45, 7) is 8.98. The van der Waals surface area contributed by atoms with Crippen LogP contribution in [0.1, 0.15) is 27.7 Å². The molecule has 0 aliphatic heterocycles. The highest BCUT2D eigenvalue weighted by molar-refractivity contribution is 5.28. The third kappa shape index (κ3) is 3.73. The van der Waals surface area contributed by atoms with Crippen molar-refractivity contribution in [3.05, 3.63) is 12.3 Å². The average molecular weight is 209 g/mol. The molecule has 0 saturated carbocycles. The molecule has 0 radical (unpaired) electrons. The second kappa shape index (κ2) is 5.53. The molecule has 1 atom stereocenters. The van der Waals surface area contributed by atoms with Crippen molar-refractivity contribution in [2.24, 2.45) is 5.92 Å². The van der Waals surface area contributed by atoms with Gasteiger partial charge in [-0.25, -0.2) is 4.98 Å². The highest BCUT2D eigenvalue weighted by atomic mass is 16.5. The van der Waals surface area contributed by atoms with Gasteiger partial charge in [0.05, 0.1) is 6.61 Å². The number of nitrogens with zero attached hydrogens (tertiary/aromatic N) is 2. The SMILES string of the molecule is CCOc1ccnc(NC(C)C(C)C)n1. The summed E-state index contributed by atoms with van der Waals surface area (Å²) in [5.74, 6) is 1.79. The summed E-state index contributed by atoms with van der Waals surface area (Å²) in [7, 11) is 0. The lowest BCUT2D eigenvalue weighted by atomic mass is 10.1. The number of anilines is 1. The van der Waals surface area contributed by atoms with Crippen LogP contribution in [-0.4, -0.2) is 22.6 Å². The Labute approximate surface area is 91.1 Å². The quantitative estimate of drug-likeness (QED) is 0.808. The molecule has 1 unspecified atom stereocenters. The second-order valence-electron chi connectivity index (χ2n) is 3.83. The Hall–Kier alpha value is -1.32. The molecule has 0 bridgehead atoms. The van der Waals surface area contributed by atoms with Crippen molar-refractivity contribution in [1.82, 2.24) is 9.97 Å². The first kappa shape index (κ1) is 11.8. The van der Waals surface area contributed by atoms with E-state index >= 15 is 0 Å². The molecule has 1 heterocycles. The van der Waals surface area contributed by atoms with Crippen molar-refractivity contribution in [3.63, 3.8) is 0 Å². The van der Waals surface area contributed by atoms with E-state index in [9.17, 15) is 0 Å². The smallest absolute Gasteiger partial charge is 0.226 e. The molecule has 0 aliphatic carbocycles. The van der Waals surface area contributed by atoms with E-state index in [1.54, 1.807) is 12.3 Å². The molecule has 1 aromatic rings. The van der Waals surface area contributed by atoms with E-state index in [1.807, 2.05) is 6.92 Å². The highest BCUT2D eigenvalue weighted by Gasteiger charge is 2.08. The lowest BCUT2D eigenvalue weighted by Crippen LogP contribution is -2.22. The lowest BCUT2D eigenvalue weighted by Gasteiger charge is -2.17. The molecule has 0 saturated heterocycles. The maximum absolute atomic E-state index is 5.30. The summed E-state index contributed by atoms with van der Waals surface area (Å²) in [5.41, 5.74) is 0. The van der Waals surface area contributed by atoms with Crippen molar-refractivity contribution in [1.29, 1.82) is 0 Å². The zero-order valence-corrected chi connectivity index (χ0v) is 9.82. The zero-order chi connectivity index (χ0) is 11.3. The van der Waals surface area contributed by atoms with Gasteiger partial charge >= 0.3 is 0 Å². The first-order chi connectivity index (χ1) is 7.13. The van der Waals surface area contributed by atoms with E-state index in [-0.39, 0.29) is 0 Å². The molecule has 1 rings (SSSR count). The van der Waals surface area contributed by atoms with Gasteiger partial charge in [-0.3, -0.25) is 0 Å². The molecule has 1 N–H and O–H groups in total. The van der Waals surface area contributed by atoms with E-state index in [2.05, 4.69) is 36.1 Å². The lowest BCUT2D eigenvalue weighted by molar-refractivity contribution is 0.326. The van der Waals surface area contributed by atoms with Gasteiger partial charge in [-0.15, -0.1) is 0 Å². The topological polar surface area (TPSA) is 47.0 Å². The number of aromatic nitrogens is 2. The minimum atomic E-state index is 0.349. The molecule has 15 heavy (non-hydrogen) atoms. The molecule has 0 amide bonds. The Bertz CT molecular complexity index is 302. The fourth-order valence-electron chi connectivity index (χ4n) is 1.01. The van der Waals surface area contributed by atoms with Gasteiger partial charge in [0.25, 0.3) is 0 Å². The molecule has 0 fully saturated rings. The standard InChI is InChI=1S/C11H19N3O/c1-5-15-10-6-7-12-11(14-10)13-9(4)8(2)3/h6-9H,5H2,1-4H3,(H,12,13,14). The molecule has 0 aromatic carbocycles. The minimum absolute atomic E-state index is 0.349. The second-order valence-corrected chi connectivity index (χ2v) is 3.83. The number of nitrogens with one attached hydrogen (secondary N) is 1. The van der Waals surface area contributed by atoms with E-state index in [0.717, 1.165) is 0 Å². The molecular formula is C11H19N3O. The predicted molar refractivity (Wildman–Crippen MR) is 61.1 cm³/mol. The van der Waals surface area contributed by atoms with Crippen molar-refractivity contribution < 1.29 is 4.74 Å². The van der Waals surface area contributed by atoms with Crippen LogP contribution in [0.5, 0.6) is 5.88 Å². The number of hydrogen-bond acceptors (Lipinski definition) is 4. The first-order valence-electron chi connectivity index (χ1n) is 5.35. The van der Waals surface area contributed by atoms with Gasteiger partial charge in [0.15, 0.2) is 0 Å². The summed E-state index contributed by atoms with van der Waals surface area (Å²) in [4.78, 5) is 8.38. The summed E-state index contributed by atoms with van der Waals surface area (Å²) in [6.07, 6.45) is 1.70. The average Bonchev–Trinajstić information content (AvgIpc) is 2.18. The highest BCUT2D eigenvalue weighted by Crippen LogP contribution is 2.11. The molecule has 4 nitrogen and oxygen atoms in total. The van der Waals surface area contributed by atoms with E-state index in [1.165, 1.54) is 0 Å². The van der Waals surface area contributed by atoms with Gasteiger partial charge in [0, 0.05) is 18.3 Å². The van der Waals surface area contributed by atoms with Crippen LogP contribution in [-0.2, 0) is 0 Å². The number of ether oxygens (including phenoxy) is 1. The van der Waals surface area contributed by atoms with Crippen LogP contribution in [0.25, 0.3) is 0 Å². The van der Waals surface area contributed by atoms with Crippen LogP contribution in [0.3, 0.4) is 0 Å². The Kier molecular flexibility index (Phi) is 4.34. The van der Waals surface area contributed by atoms with Crippen LogP contribution >= 0.6 is 0 Å². The molecule has 84 valence electrons. The number of rotatable bonds is 5. The molecule has 1 aromatic heterocycles. The van der Waals surface area contributed by atoms with E-state index in [0.29, 0.717) is 30.4 Å². The Balaban J connectivity index is 2.64. The first-order valence-corrected chi connectivity index (χ1v) is 5.35. The van der Waals surface area contributed by atoms with Gasteiger partial charge in [-0.05, 0) is 19.8 Å². The van der Waals surface area contributed by atoms with Gasteiger partial charge in [0.2, 0.25) is 11.8 Å². The van der Waals surface area contributed by atoms with E-state index < -0.39 is 0 Å². The Morgan fingerprint density at radius 1 is 1.40 bits per heavy atom. The van der Waals surface area contributed by atoms with Gasteiger partial charge in [0.1, 0.15) is 0 Å². The third-order valence-electron chi connectivity index (χ3n) is 2.28. The number of hydrogen-bond donors (Lipinski definition) is 1. The molecule has 0 aliphatic rings. The minimum Gasteiger partial charge on any atom is -0.478 e. The van der Waals surface area contributed by atoms with Crippen LogP contribution in [0, 0.1) is 5.92 Å². The van der Waals surface area contributed by atoms with Crippen molar-refractivity contribution in [2.75, 3.05) is 11.9 Å². The zero-order valence-electron chi connectivity index (χ0n) is 9.82. The van der Waals surface area contributed by atoms with E-state index in [4.69, 9.17) is 4.74 Å². The van der Waals surface area contributed by atoms with Crippen molar-refractivity contribution in [2.45, 2.75) is 33.7 Å².